The van der Waals surface area contributed by atoms with E-state index >= 15 is 0 Å². The molecule has 0 amide bonds. The Hall–Kier alpha value is -1.49. The van der Waals surface area contributed by atoms with E-state index in [1.54, 1.807) is 17.1 Å². The lowest BCUT2D eigenvalue weighted by Gasteiger charge is -2.09. The van der Waals surface area contributed by atoms with E-state index in [2.05, 4.69) is 4.98 Å². The van der Waals surface area contributed by atoms with Gasteiger partial charge in [-0.3, -0.25) is 0 Å². The van der Waals surface area contributed by atoms with Crippen molar-refractivity contribution in [3.05, 3.63) is 53.6 Å². The third-order valence-electron chi connectivity index (χ3n) is 2.57. The fourth-order valence-corrected chi connectivity index (χ4v) is 1.82. The summed E-state index contributed by atoms with van der Waals surface area (Å²) in [5.74, 6) is 0.320. The van der Waals surface area contributed by atoms with Crippen LogP contribution in [0.4, 0.5) is 13.2 Å². The molecule has 1 aromatic carbocycles. The smallest absolute Gasteiger partial charge is 0.329 e. The Balaban J connectivity index is 2.16. The highest BCUT2D eigenvalue weighted by Gasteiger charge is 2.29. The molecule has 1 heterocycles. The average molecular weight is 275 g/mol. The van der Waals surface area contributed by atoms with Gasteiger partial charge in [0.15, 0.2) is 0 Å². The number of alkyl halides is 4. The summed E-state index contributed by atoms with van der Waals surface area (Å²) in [4.78, 5) is 3.94. The molecule has 2 nitrogen and oxygen atoms in total. The first kappa shape index (κ1) is 13.0. The molecule has 0 aliphatic rings. The van der Waals surface area contributed by atoms with Crippen LogP contribution in [-0.4, -0.2) is 9.55 Å². The highest BCUT2D eigenvalue weighted by molar-refractivity contribution is 6.16. The van der Waals surface area contributed by atoms with Crippen LogP contribution in [0.2, 0.25) is 0 Å². The highest BCUT2D eigenvalue weighted by atomic mass is 35.5. The van der Waals surface area contributed by atoms with Gasteiger partial charge in [-0.15, -0.1) is 11.6 Å². The standard InChI is InChI=1S/C12H10ClF3N2/c13-5-11-6-17-8-18(11)7-9-1-3-10(4-2-9)12(14,15)16/h1-4,6,8H,5,7H2. The van der Waals surface area contributed by atoms with E-state index in [1.165, 1.54) is 12.1 Å². The summed E-state index contributed by atoms with van der Waals surface area (Å²) in [6.07, 6.45) is -1.05. The molecule has 0 atom stereocenters. The first-order valence-corrected chi connectivity index (χ1v) is 5.75. The van der Waals surface area contributed by atoms with Crippen molar-refractivity contribution < 1.29 is 13.2 Å². The van der Waals surface area contributed by atoms with Crippen molar-refractivity contribution in [2.75, 3.05) is 0 Å². The quantitative estimate of drug-likeness (QED) is 0.781. The topological polar surface area (TPSA) is 17.8 Å². The van der Waals surface area contributed by atoms with Gasteiger partial charge in [0, 0.05) is 12.7 Å². The van der Waals surface area contributed by atoms with Crippen LogP contribution in [0.3, 0.4) is 0 Å². The van der Waals surface area contributed by atoms with Crippen LogP contribution in [0.5, 0.6) is 0 Å². The van der Waals surface area contributed by atoms with Gasteiger partial charge in [-0.1, -0.05) is 12.1 Å². The van der Waals surface area contributed by atoms with E-state index in [-0.39, 0.29) is 0 Å². The number of nitrogens with zero attached hydrogens (tertiary/aromatic N) is 2. The van der Waals surface area contributed by atoms with E-state index in [0.717, 1.165) is 23.4 Å². The largest absolute Gasteiger partial charge is 0.416 e. The Morgan fingerprint density at radius 2 is 1.83 bits per heavy atom. The van der Waals surface area contributed by atoms with Gasteiger partial charge in [0.2, 0.25) is 0 Å². The Morgan fingerprint density at radius 1 is 1.17 bits per heavy atom. The van der Waals surface area contributed by atoms with Gasteiger partial charge in [-0.2, -0.15) is 13.2 Å². The summed E-state index contributed by atoms with van der Waals surface area (Å²) in [7, 11) is 0. The fraction of sp³-hybridized carbons (Fsp3) is 0.250. The second-order valence-corrected chi connectivity index (χ2v) is 4.11. The zero-order valence-corrected chi connectivity index (χ0v) is 10.0. The molecule has 1 aromatic heterocycles. The number of imidazole rings is 1. The Morgan fingerprint density at radius 3 is 2.39 bits per heavy atom. The fourth-order valence-electron chi connectivity index (χ4n) is 1.60. The first-order valence-electron chi connectivity index (χ1n) is 5.22. The zero-order chi connectivity index (χ0) is 13.2. The molecule has 0 aliphatic carbocycles. The van der Waals surface area contributed by atoms with Crippen LogP contribution in [0.1, 0.15) is 16.8 Å². The molecule has 2 rings (SSSR count). The van der Waals surface area contributed by atoms with Crippen molar-refractivity contribution in [2.45, 2.75) is 18.6 Å². The molecule has 0 spiro atoms. The van der Waals surface area contributed by atoms with E-state index in [4.69, 9.17) is 11.6 Å². The lowest BCUT2D eigenvalue weighted by atomic mass is 10.1. The summed E-state index contributed by atoms with van der Waals surface area (Å²) in [6, 6.07) is 5.07. The van der Waals surface area contributed by atoms with Gasteiger partial charge < -0.3 is 4.57 Å². The Kier molecular flexibility index (Phi) is 3.61. The van der Waals surface area contributed by atoms with E-state index in [1.807, 2.05) is 0 Å². The lowest BCUT2D eigenvalue weighted by molar-refractivity contribution is -0.137. The van der Waals surface area contributed by atoms with Gasteiger partial charge in [0.1, 0.15) is 0 Å². The second kappa shape index (κ2) is 5.02. The predicted octanol–water partition coefficient (Wildman–Crippen LogP) is 3.69. The summed E-state index contributed by atoms with van der Waals surface area (Å²) in [6.45, 7) is 0.459. The molecule has 0 aliphatic heterocycles. The van der Waals surface area contributed by atoms with E-state index < -0.39 is 11.7 Å². The number of benzene rings is 1. The molecule has 96 valence electrons. The maximum absolute atomic E-state index is 12.4. The van der Waals surface area contributed by atoms with Crippen LogP contribution in [0.25, 0.3) is 0 Å². The summed E-state index contributed by atoms with van der Waals surface area (Å²) >= 11 is 5.72. The van der Waals surface area contributed by atoms with Crippen molar-refractivity contribution in [3.8, 4) is 0 Å². The summed E-state index contributed by atoms with van der Waals surface area (Å²) < 4.78 is 38.9. The van der Waals surface area contributed by atoms with Crippen molar-refractivity contribution >= 4 is 11.6 Å². The van der Waals surface area contributed by atoms with Gasteiger partial charge in [0.25, 0.3) is 0 Å². The molecule has 2 aromatic rings. The van der Waals surface area contributed by atoms with Crippen LogP contribution >= 0.6 is 11.6 Å². The van der Waals surface area contributed by atoms with Crippen molar-refractivity contribution in [1.29, 1.82) is 0 Å². The Labute approximate surface area is 107 Å². The third-order valence-corrected chi connectivity index (χ3v) is 2.84. The minimum atomic E-state index is -4.30. The molecule has 6 heteroatoms. The highest BCUT2D eigenvalue weighted by Crippen LogP contribution is 2.29. The van der Waals surface area contributed by atoms with Gasteiger partial charge in [-0.05, 0) is 17.7 Å². The first-order chi connectivity index (χ1) is 8.50. The van der Waals surface area contributed by atoms with Gasteiger partial charge >= 0.3 is 6.18 Å². The molecule has 18 heavy (non-hydrogen) atoms. The molecule has 0 unspecified atom stereocenters. The molecule has 0 fully saturated rings. The Bertz CT molecular complexity index is 517. The number of hydrogen-bond donors (Lipinski definition) is 0. The molecular weight excluding hydrogens is 265 g/mol. The molecular formula is C12H10ClF3N2. The minimum Gasteiger partial charge on any atom is -0.329 e. The molecule has 0 N–H and O–H groups in total. The number of rotatable bonds is 3. The predicted molar refractivity (Wildman–Crippen MR) is 62.3 cm³/mol. The molecule has 0 bridgehead atoms. The monoisotopic (exact) mass is 274 g/mol. The normalized spacial score (nSPS) is 11.8. The SMILES string of the molecule is FC(F)(F)c1ccc(Cn2cncc2CCl)cc1. The zero-order valence-electron chi connectivity index (χ0n) is 9.28. The third kappa shape index (κ3) is 2.85. The maximum Gasteiger partial charge on any atom is 0.416 e. The lowest BCUT2D eigenvalue weighted by Crippen LogP contribution is -2.06. The second-order valence-electron chi connectivity index (χ2n) is 3.84. The van der Waals surface area contributed by atoms with E-state index in [9.17, 15) is 13.2 Å². The van der Waals surface area contributed by atoms with Gasteiger partial charge in [0.05, 0.1) is 23.5 Å². The number of hydrogen-bond acceptors (Lipinski definition) is 1. The van der Waals surface area contributed by atoms with Crippen molar-refractivity contribution in [2.24, 2.45) is 0 Å². The molecule has 0 saturated carbocycles. The summed E-state index contributed by atoms with van der Waals surface area (Å²) in [5, 5.41) is 0. The maximum atomic E-state index is 12.4. The van der Waals surface area contributed by atoms with Crippen LogP contribution in [0.15, 0.2) is 36.8 Å². The van der Waals surface area contributed by atoms with Crippen LogP contribution < -0.4 is 0 Å². The van der Waals surface area contributed by atoms with Crippen molar-refractivity contribution in [3.63, 3.8) is 0 Å². The van der Waals surface area contributed by atoms with Crippen LogP contribution in [-0.2, 0) is 18.6 Å². The minimum absolute atomic E-state index is 0.320. The number of halogens is 4. The number of aromatic nitrogens is 2. The van der Waals surface area contributed by atoms with Crippen molar-refractivity contribution in [1.82, 2.24) is 9.55 Å². The van der Waals surface area contributed by atoms with Gasteiger partial charge in [-0.25, -0.2) is 4.98 Å². The summed E-state index contributed by atoms with van der Waals surface area (Å²) in [5.41, 5.74) is 0.957. The van der Waals surface area contributed by atoms with E-state index in [0.29, 0.717) is 12.4 Å². The average Bonchev–Trinajstić information content (AvgIpc) is 2.76. The molecule has 0 radical (unpaired) electrons. The molecule has 0 saturated heterocycles. The van der Waals surface area contributed by atoms with Crippen LogP contribution in [0, 0.1) is 0 Å².